The van der Waals surface area contributed by atoms with E-state index >= 15 is 0 Å². The molecule has 0 radical (unpaired) electrons. The minimum Gasteiger partial charge on any atom is -0.454 e. The number of piperidine rings is 1. The maximum atomic E-state index is 5.62. The Balaban J connectivity index is 1.20. The van der Waals surface area contributed by atoms with Crippen molar-refractivity contribution in [3.63, 3.8) is 0 Å². The van der Waals surface area contributed by atoms with Crippen LogP contribution in [0.25, 0.3) is 0 Å². The summed E-state index contributed by atoms with van der Waals surface area (Å²) in [6.07, 6.45) is 3.45. The quantitative estimate of drug-likeness (QED) is 0.477. The molecule has 9 heteroatoms. The predicted molar refractivity (Wildman–Crippen MR) is 149 cm³/mol. The number of hydrogen-bond donors (Lipinski definition) is 2. The van der Waals surface area contributed by atoms with Crippen molar-refractivity contribution < 1.29 is 9.47 Å². The lowest BCUT2D eigenvalue weighted by Crippen LogP contribution is -2.36. The van der Waals surface area contributed by atoms with E-state index in [1.165, 1.54) is 24.0 Å². The van der Waals surface area contributed by atoms with Crippen LogP contribution in [0.5, 0.6) is 11.5 Å². The van der Waals surface area contributed by atoms with Gasteiger partial charge in [0, 0.05) is 38.8 Å². The molecule has 4 heterocycles. The molecule has 6 rings (SSSR count). The number of fused-ring (bicyclic) bond motifs is 2. The summed E-state index contributed by atoms with van der Waals surface area (Å²) < 4.78 is 10.9. The van der Waals surface area contributed by atoms with Gasteiger partial charge < -0.3 is 29.9 Å². The van der Waals surface area contributed by atoms with Crippen LogP contribution in [-0.2, 0) is 19.5 Å². The average Bonchev–Trinajstić information content (AvgIpc) is 3.39. The number of ether oxygens (including phenoxy) is 2. The Morgan fingerprint density at radius 1 is 1.00 bits per heavy atom. The number of nitrogens with one attached hydrogen (secondary N) is 2. The summed E-state index contributed by atoms with van der Waals surface area (Å²) >= 11 is 5.62. The zero-order valence-electron chi connectivity index (χ0n) is 21.1. The van der Waals surface area contributed by atoms with Crippen molar-refractivity contribution in [2.75, 3.05) is 41.5 Å². The van der Waals surface area contributed by atoms with Crippen molar-refractivity contribution in [3.05, 3.63) is 65.2 Å². The smallest absolute Gasteiger partial charge is 0.232 e. The fraction of sp³-hybridized carbons (Fsp3) is 0.393. The first-order valence-corrected chi connectivity index (χ1v) is 13.4. The fourth-order valence-corrected chi connectivity index (χ4v) is 5.43. The van der Waals surface area contributed by atoms with E-state index in [0.29, 0.717) is 23.5 Å². The molecule has 8 nitrogen and oxygen atoms in total. The van der Waals surface area contributed by atoms with E-state index in [1.54, 1.807) is 0 Å². The molecule has 0 aliphatic carbocycles. The number of rotatable bonds is 5. The van der Waals surface area contributed by atoms with Gasteiger partial charge in [0.05, 0.1) is 0 Å². The van der Waals surface area contributed by atoms with Crippen LogP contribution in [0.1, 0.15) is 36.5 Å². The summed E-state index contributed by atoms with van der Waals surface area (Å²) in [5.41, 5.74) is 3.83. The number of anilines is 3. The predicted octanol–water partition coefficient (Wildman–Crippen LogP) is 4.49. The van der Waals surface area contributed by atoms with E-state index in [-0.39, 0.29) is 6.79 Å². The Kier molecular flexibility index (Phi) is 6.70. The highest BCUT2D eigenvalue weighted by molar-refractivity contribution is 7.80. The van der Waals surface area contributed by atoms with Gasteiger partial charge in [-0.15, -0.1) is 0 Å². The highest BCUT2D eigenvalue weighted by Crippen LogP contribution is 2.32. The van der Waals surface area contributed by atoms with Gasteiger partial charge in [0.25, 0.3) is 0 Å². The van der Waals surface area contributed by atoms with Gasteiger partial charge in [-0.2, -0.15) is 9.97 Å². The Morgan fingerprint density at radius 3 is 2.68 bits per heavy atom. The highest BCUT2D eigenvalue weighted by Gasteiger charge is 2.23. The van der Waals surface area contributed by atoms with Gasteiger partial charge in [0.1, 0.15) is 11.6 Å². The topological polar surface area (TPSA) is 74.8 Å². The number of benzene rings is 2. The van der Waals surface area contributed by atoms with Crippen molar-refractivity contribution in [3.8, 4) is 11.5 Å². The van der Waals surface area contributed by atoms with E-state index in [2.05, 4.69) is 57.7 Å². The van der Waals surface area contributed by atoms with Crippen molar-refractivity contribution in [1.29, 1.82) is 0 Å². The summed E-state index contributed by atoms with van der Waals surface area (Å²) in [6.45, 7) is 6.92. The van der Waals surface area contributed by atoms with Crippen LogP contribution in [0, 0.1) is 5.92 Å². The summed E-state index contributed by atoms with van der Waals surface area (Å²) in [4.78, 5) is 14.5. The molecule has 0 bridgehead atoms. The fourth-order valence-electron chi connectivity index (χ4n) is 5.27. The van der Waals surface area contributed by atoms with Crippen LogP contribution < -0.4 is 29.9 Å². The minimum absolute atomic E-state index is 0.264. The summed E-state index contributed by atoms with van der Waals surface area (Å²) in [6, 6.07) is 16.7. The monoisotopic (exact) mass is 516 g/mol. The maximum Gasteiger partial charge on any atom is 0.232 e. The molecule has 1 aromatic heterocycles. The summed E-state index contributed by atoms with van der Waals surface area (Å²) in [7, 11) is 0. The molecule has 0 spiro atoms. The lowest BCUT2D eigenvalue weighted by molar-refractivity contribution is 0.174. The Bertz CT molecular complexity index is 1300. The molecule has 3 aliphatic rings. The number of nitrogens with zero attached hydrogens (tertiary/aromatic N) is 4. The maximum absolute atomic E-state index is 5.62. The third kappa shape index (κ3) is 5.41. The summed E-state index contributed by atoms with van der Waals surface area (Å²) in [5, 5.41) is 7.00. The van der Waals surface area contributed by atoms with Gasteiger partial charge in [0.2, 0.25) is 12.7 Å². The van der Waals surface area contributed by atoms with Gasteiger partial charge in [-0.1, -0.05) is 37.3 Å². The molecule has 0 amide bonds. The van der Waals surface area contributed by atoms with Crippen LogP contribution in [-0.4, -0.2) is 41.5 Å². The van der Waals surface area contributed by atoms with Gasteiger partial charge in [-0.3, -0.25) is 0 Å². The molecule has 192 valence electrons. The van der Waals surface area contributed by atoms with Crippen LogP contribution in [0.2, 0.25) is 0 Å². The molecule has 2 aromatic carbocycles. The van der Waals surface area contributed by atoms with Crippen LogP contribution in [0.3, 0.4) is 0 Å². The number of thiocarbonyl (C=S) groups is 1. The molecular weight excluding hydrogens is 484 g/mol. The van der Waals surface area contributed by atoms with Gasteiger partial charge in [-0.05, 0) is 66.2 Å². The van der Waals surface area contributed by atoms with Gasteiger partial charge in [0.15, 0.2) is 16.6 Å². The van der Waals surface area contributed by atoms with E-state index in [0.717, 1.165) is 61.3 Å². The van der Waals surface area contributed by atoms with E-state index in [1.807, 2.05) is 18.2 Å². The molecule has 1 atom stereocenters. The normalized spacial score (nSPS) is 18.4. The molecule has 1 unspecified atom stereocenters. The molecule has 37 heavy (non-hydrogen) atoms. The van der Waals surface area contributed by atoms with Gasteiger partial charge in [-0.25, -0.2) is 0 Å². The molecule has 1 fully saturated rings. The van der Waals surface area contributed by atoms with Crippen molar-refractivity contribution >= 4 is 34.9 Å². The molecule has 1 saturated heterocycles. The second kappa shape index (κ2) is 10.4. The van der Waals surface area contributed by atoms with Crippen LogP contribution in [0.15, 0.2) is 48.5 Å². The largest absolute Gasteiger partial charge is 0.454 e. The molecule has 3 aliphatic heterocycles. The molecule has 0 saturated carbocycles. The Hall–Kier alpha value is -3.59. The number of hydrogen-bond acceptors (Lipinski definition) is 7. The SMILES string of the molecule is CC1CCCN(c2cc(N3CCc4ccccc4C3)nc(NC(=S)NCc3ccc4c(c3)OCO4)n2)C1. The Labute approximate surface area is 223 Å². The first kappa shape index (κ1) is 23.8. The third-order valence-electron chi connectivity index (χ3n) is 7.25. The first-order valence-electron chi connectivity index (χ1n) is 13.0. The van der Waals surface area contributed by atoms with Gasteiger partial charge >= 0.3 is 0 Å². The minimum atomic E-state index is 0.264. The number of aromatic nitrogens is 2. The third-order valence-corrected chi connectivity index (χ3v) is 7.50. The first-order chi connectivity index (χ1) is 18.1. The van der Waals surface area contributed by atoms with Crippen molar-refractivity contribution in [2.45, 2.75) is 39.3 Å². The molecular formula is C28H32N6O2S. The second-order valence-electron chi connectivity index (χ2n) is 10.0. The zero-order chi connectivity index (χ0) is 25.2. The van der Waals surface area contributed by atoms with E-state index in [9.17, 15) is 0 Å². The lowest BCUT2D eigenvalue weighted by Gasteiger charge is -2.34. The Morgan fingerprint density at radius 2 is 1.81 bits per heavy atom. The standard InChI is InChI=1S/C28H32N6O2S/c1-19-5-4-11-33(16-19)25-14-26(34-12-10-21-6-2-3-7-22(21)17-34)31-27(30-25)32-28(37)29-15-20-8-9-23-24(13-20)36-18-35-23/h2-3,6-9,13-14,19H,4-5,10-12,15-18H2,1H3,(H2,29,30,31,32,37). The van der Waals surface area contributed by atoms with Crippen LogP contribution >= 0.6 is 12.2 Å². The summed E-state index contributed by atoms with van der Waals surface area (Å²) in [5.74, 6) is 4.59. The average molecular weight is 517 g/mol. The van der Waals surface area contributed by atoms with Crippen molar-refractivity contribution in [2.24, 2.45) is 5.92 Å². The zero-order valence-corrected chi connectivity index (χ0v) is 21.9. The van der Waals surface area contributed by atoms with Crippen LogP contribution in [0.4, 0.5) is 17.6 Å². The van der Waals surface area contributed by atoms with E-state index in [4.69, 9.17) is 31.7 Å². The van der Waals surface area contributed by atoms with E-state index < -0.39 is 0 Å². The second-order valence-corrected chi connectivity index (χ2v) is 10.4. The van der Waals surface area contributed by atoms with Crippen molar-refractivity contribution in [1.82, 2.24) is 15.3 Å². The molecule has 3 aromatic rings. The lowest BCUT2D eigenvalue weighted by atomic mass is 10.00. The highest BCUT2D eigenvalue weighted by atomic mass is 32.1. The molecule has 2 N–H and O–H groups in total.